The molecular weight excluding hydrogens is 254 g/mol. The van der Waals surface area contributed by atoms with Gasteiger partial charge in [-0.15, -0.1) is 0 Å². The summed E-state index contributed by atoms with van der Waals surface area (Å²) < 4.78 is 10.1. The van der Waals surface area contributed by atoms with Crippen molar-refractivity contribution in [3.05, 3.63) is 42.1 Å². The minimum Gasteiger partial charge on any atom is -0.452 e. The molecule has 5 nitrogen and oxygen atoms in total. The largest absolute Gasteiger partial charge is 0.452 e. The fourth-order valence-electron chi connectivity index (χ4n) is 1.75. The van der Waals surface area contributed by atoms with Crippen LogP contribution in [0.4, 0.5) is 5.88 Å². The van der Waals surface area contributed by atoms with Gasteiger partial charge < -0.3 is 14.7 Å². The number of nitrogens with two attached hydrogens (primary N) is 1. The topological polar surface area (TPSA) is 78.1 Å². The minimum atomic E-state index is 0.230. The molecule has 3 aromatic heterocycles. The Labute approximate surface area is 107 Å². The third kappa shape index (κ3) is 1.65. The molecule has 0 aliphatic rings. The van der Waals surface area contributed by atoms with Crippen LogP contribution in [-0.4, -0.2) is 10.1 Å². The van der Waals surface area contributed by atoms with Gasteiger partial charge in [0.05, 0.1) is 17.4 Å². The number of anilines is 1. The Morgan fingerprint density at radius 3 is 2.61 bits per heavy atom. The molecule has 0 bridgehead atoms. The Morgan fingerprint density at radius 2 is 1.94 bits per heavy atom. The summed E-state index contributed by atoms with van der Waals surface area (Å²) in [6.45, 7) is 0. The molecule has 0 amide bonds. The zero-order valence-corrected chi connectivity index (χ0v) is 9.89. The first-order valence-corrected chi connectivity index (χ1v) is 5.54. The lowest BCUT2D eigenvalue weighted by Gasteiger charge is -2.00. The van der Waals surface area contributed by atoms with Gasteiger partial charge in [-0.1, -0.05) is 5.16 Å². The molecule has 0 saturated carbocycles. The quantitative estimate of drug-likeness (QED) is 0.766. The Morgan fingerprint density at radius 1 is 1.17 bits per heavy atom. The van der Waals surface area contributed by atoms with E-state index >= 15 is 0 Å². The number of hydrogen-bond donors (Lipinski definition) is 1. The smallest absolute Gasteiger partial charge is 0.230 e. The van der Waals surface area contributed by atoms with Crippen LogP contribution >= 0.6 is 11.6 Å². The van der Waals surface area contributed by atoms with Gasteiger partial charge in [0, 0.05) is 12.4 Å². The van der Waals surface area contributed by atoms with Gasteiger partial charge >= 0.3 is 0 Å². The standard InChI is InChI=1S/C12H8ClN3O2/c13-11-8(3-6-17-11)10-9(12(14)18-16-10)7-1-4-15-5-2-7/h1-6H,14H2. The van der Waals surface area contributed by atoms with Crippen LogP contribution in [0.1, 0.15) is 0 Å². The molecule has 0 fully saturated rings. The van der Waals surface area contributed by atoms with Gasteiger partial charge in [0.1, 0.15) is 5.69 Å². The lowest BCUT2D eigenvalue weighted by molar-refractivity contribution is 0.439. The van der Waals surface area contributed by atoms with E-state index in [1.54, 1.807) is 18.5 Å². The van der Waals surface area contributed by atoms with Gasteiger partial charge in [-0.3, -0.25) is 4.98 Å². The number of nitrogen functional groups attached to an aromatic ring is 1. The van der Waals surface area contributed by atoms with Crippen molar-refractivity contribution in [2.45, 2.75) is 0 Å². The fraction of sp³-hybridized carbons (Fsp3) is 0. The van der Waals surface area contributed by atoms with Crippen LogP contribution in [0.3, 0.4) is 0 Å². The highest BCUT2D eigenvalue weighted by Gasteiger charge is 2.20. The van der Waals surface area contributed by atoms with Crippen LogP contribution in [0.15, 0.2) is 45.8 Å². The molecule has 0 aliphatic heterocycles. The molecule has 6 heteroatoms. The highest BCUT2D eigenvalue weighted by molar-refractivity contribution is 6.31. The van der Waals surface area contributed by atoms with E-state index in [1.807, 2.05) is 12.1 Å². The average Bonchev–Trinajstić information content (AvgIpc) is 2.96. The minimum absolute atomic E-state index is 0.230. The van der Waals surface area contributed by atoms with E-state index in [9.17, 15) is 0 Å². The third-order valence-corrected chi connectivity index (χ3v) is 2.85. The van der Waals surface area contributed by atoms with E-state index in [2.05, 4.69) is 10.1 Å². The summed E-state index contributed by atoms with van der Waals surface area (Å²) in [7, 11) is 0. The fourth-order valence-corrected chi connectivity index (χ4v) is 1.95. The highest BCUT2D eigenvalue weighted by atomic mass is 35.5. The van der Waals surface area contributed by atoms with Crippen LogP contribution < -0.4 is 5.73 Å². The highest BCUT2D eigenvalue weighted by Crippen LogP contribution is 2.38. The monoisotopic (exact) mass is 261 g/mol. The van der Waals surface area contributed by atoms with Gasteiger partial charge in [-0.05, 0) is 35.4 Å². The second-order valence-electron chi connectivity index (χ2n) is 3.61. The second-order valence-corrected chi connectivity index (χ2v) is 3.96. The van der Waals surface area contributed by atoms with Crippen molar-refractivity contribution >= 4 is 17.5 Å². The molecule has 90 valence electrons. The van der Waals surface area contributed by atoms with Crippen LogP contribution in [-0.2, 0) is 0 Å². The molecule has 0 spiro atoms. The van der Waals surface area contributed by atoms with E-state index in [0.29, 0.717) is 16.8 Å². The van der Waals surface area contributed by atoms with Crippen molar-refractivity contribution in [2.24, 2.45) is 0 Å². The van der Waals surface area contributed by atoms with Gasteiger partial charge in [0.2, 0.25) is 11.1 Å². The van der Waals surface area contributed by atoms with E-state index in [4.69, 9.17) is 26.3 Å². The molecular formula is C12H8ClN3O2. The number of hydrogen-bond acceptors (Lipinski definition) is 5. The number of pyridine rings is 1. The maximum absolute atomic E-state index is 5.94. The summed E-state index contributed by atoms with van der Waals surface area (Å²) in [5.41, 5.74) is 8.54. The van der Waals surface area contributed by atoms with Gasteiger partial charge in [0.15, 0.2) is 0 Å². The maximum atomic E-state index is 5.94. The average molecular weight is 262 g/mol. The third-order valence-electron chi connectivity index (χ3n) is 2.56. The van der Waals surface area contributed by atoms with Crippen molar-refractivity contribution in [1.29, 1.82) is 0 Å². The summed E-state index contributed by atoms with van der Waals surface area (Å²) in [5.74, 6) is 0.230. The number of nitrogens with zero attached hydrogens (tertiary/aromatic N) is 2. The summed E-state index contributed by atoms with van der Waals surface area (Å²) >= 11 is 5.94. The lowest BCUT2D eigenvalue weighted by Crippen LogP contribution is -1.87. The van der Waals surface area contributed by atoms with Gasteiger partial charge in [0.25, 0.3) is 0 Å². The Hall–Kier alpha value is -2.27. The number of furan rings is 1. The Balaban J connectivity index is 2.22. The first kappa shape index (κ1) is 10.9. The van der Waals surface area contributed by atoms with Crippen molar-refractivity contribution in [1.82, 2.24) is 10.1 Å². The second kappa shape index (κ2) is 4.19. The normalized spacial score (nSPS) is 10.7. The molecule has 3 aromatic rings. The van der Waals surface area contributed by atoms with Crippen molar-refractivity contribution < 1.29 is 8.94 Å². The number of halogens is 1. The zero-order valence-electron chi connectivity index (χ0n) is 9.13. The summed E-state index contributed by atoms with van der Waals surface area (Å²) in [4.78, 5) is 3.96. The van der Waals surface area contributed by atoms with Crippen LogP contribution in [0, 0.1) is 0 Å². The van der Waals surface area contributed by atoms with Crippen LogP contribution in [0.25, 0.3) is 22.4 Å². The number of rotatable bonds is 2. The Kier molecular flexibility index (Phi) is 2.53. The first-order valence-electron chi connectivity index (χ1n) is 5.16. The molecule has 3 rings (SSSR count). The molecule has 0 unspecified atom stereocenters. The maximum Gasteiger partial charge on any atom is 0.230 e. The SMILES string of the molecule is Nc1onc(-c2ccoc2Cl)c1-c1ccncc1. The summed E-state index contributed by atoms with van der Waals surface area (Å²) in [5, 5.41) is 4.18. The van der Waals surface area contributed by atoms with E-state index in [1.165, 1.54) is 6.26 Å². The summed E-state index contributed by atoms with van der Waals surface area (Å²) in [6, 6.07) is 5.35. The predicted molar refractivity (Wildman–Crippen MR) is 66.9 cm³/mol. The van der Waals surface area contributed by atoms with E-state index < -0.39 is 0 Å². The molecule has 2 N–H and O–H groups in total. The number of aromatic nitrogens is 2. The molecule has 18 heavy (non-hydrogen) atoms. The summed E-state index contributed by atoms with van der Waals surface area (Å²) in [6.07, 6.45) is 4.82. The van der Waals surface area contributed by atoms with Crippen LogP contribution in [0.2, 0.25) is 5.22 Å². The molecule has 0 atom stereocenters. The molecule has 0 aromatic carbocycles. The van der Waals surface area contributed by atoms with Crippen molar-refractivity contribution in [3.63, 3.8) is 0 Å². The molecule has 0 aliphatic carbocycles. The molecule has 0 saturated heterocycles. The first-order chi connectivity index (χ1) is 8.77. The zero-order chi connectivity index (χ0) is 12.5. The Bertz CT molecular complexity index is 676. The van der Waals surface area contributed by atoms with Crippen molar-refractivity contribution in [2.75, 3.05) is 5.73 Å². The van der Waals surface area contributed by atoms with Gasteiger partial charge in [-0.25, -0.2) is 0 Å². The molecule has 0 radical (unpaired) electrons. The lowest BCUT2D eigenvalue weighted by atomic mass is 10.0. The predicted octanol–water partition coefficient (Wildman–Crippen LogP) is 3.23. The van der Waals surface area contributed by atoms with E-state index in [0.717, 1.165) is 5.56 Å². The molecule has 3 heterocycles. The van der Waals surface area contributed by atoms with E-state index in [-0.39, 0.29) is 11.1 Å². The van der Waals surface area contributed by atoms with Crippen molar-refractivity contribution in [3.8, 4) is 22.4 Å². The van der Waals surface area contributed by atoms with Crippen LogP contribution in [0.5, 0.6) is 0 Å². The van der Waals surface area contributed by atoms with Gasteiger partial charge in [-0.2, -0.15) is 0 Å².